The predicted molar refractivity (Wildman–Crippen MR) is 111 cm³/mol. The number of aryl methyl sites for hydroxylation is 2. The Bertz CT molecular complexity index is 986. The summed E-state index contributed by atoms with van der Waals surface area (Å²) in [6, 6.07) is 15.9. The number of hydrogen-bond acceptors (Lipinski definition) is 3. The molecule has 0 aliphatic carbocycles. The molecule has 0 saturated heterocycles. The fourth-order valence-corrected chi connectivity index (χ4v) is 3.26. The van der Waals surface area contributed by atoms with Gasteiger partial charge in [0.15, 0.2) is 0 Å². The van der Waals surface area contributed by atoms with E-state index in [0.29, 0.717) is 26.9 Å². The highest BCUT2D eigenvalue weighted by Gasteiger charge is 2.20. The molecule has 2 aromatic carbocycles. The van der Waals surface area contributed by atoms with Crippen LogP contribution in [0, 0.1) is 25.2 Å². The molecule has 1 atom stereocenters. The monoisotopic (exact) mass is 409 g/mol. The van der Waals surface area contributed by atoms with Gasteiger partial charge < -0.3 is 5.32 Å². The molecule has 0 aliphatic heterocycles. The SMILES string of the molecule is Cc1cc(C(=O)NC(c2ccc(Cl)cc2)c2ccc(Cl)cn2)cc(C)c1C#N. The van der Waals surface area contributed by atoms with Gasteiger partial charge in [-0.2, -0.15) is 5.26 Å². The summed E-state index contributed by atoms with van der Waals surface area (Å²) in [5, 5.41) is 13.4. The lowest BCUT2D eigenvalue weighted by atomic mass is 9.98. The van der Waals surface area contributed by atoms with E-state index in [4.69, 9.17) is 23.2 Å². The zero-order chi connectivity index (χ0) is 20.3. The molecule has 3 rings (SSSR count). The van der Waals surface area contributed by atoms with Gasteiger partial charge in [0.25, 0.3) is 5.91 Å². The minimum atomic E-state index is -0.474. The number of aromatic nitrogens is 1. The minimum absolute atomic E-state index is 0.257. The summed E-state index contributed by atoms with van der Waals surface area (Å²) >= 11 is 12.0. The molecule has 6 heteroatoms. The first-order chi connectivity index (χ1) is 13.4. The molecule has 1 unspecified atom stereocenters. The summed E-state index contributed by atoms with van der Waals surface area (Å²) in [5.41, 5.74) is 4.10. The van der Waals surface area contributed by atoms with Crippen LogP contribution < -0.4 is 5.32 Å². The van der Waals surface area contributed by atoms with Crippen LogP contribution in [-0.4, -0.2) is 10.9 Å². The fraction of sp³-hybridized carbons (Fsp3) is 0.136. The van der Waals surface area contributed by atoms with Gasteiger partial charge in [-0.25, -0.2) is 0 Å². The summed E-state index contributed by atoms with van der Waals surface area (Å²) in [7, 11) is 0. The summed E-state index contributed by atoms with van der Waals surface area (Å²) < 4.78 is 0. The van der Waals surface area contributed by atoms with Gasteiger partial charge in [-0.05, 0) is 66.9 Å². The Hall–Kier alpha value is -2.87. The van der Waals surface area contributed by atoms with Crippen LogP contribution in [0.5, 0.6) is 0 Å². The standard InChI is InChI=1S/C22H17Cl2N3O/c1-13-9-16(10-14(2)19(13)11-25)22(28)27-21(15-3-5-17(23)6-4-15)20-8-7-18(24)12-26-20/h3-10,12,21H,1-2H3,(H,27,28). The smallest absolute Gasteiger partial charge is 0.252 e. The molecule has 0 bridgehead atoms. The third-order valence-electron chi connectivity index (χ3n) is 4.43. The number of carbonyl (C=O) groups excluding carboxylic acids is 1. The lowest BCUT2D eigenvalue weighted by Gasteiger charge is -2.20. The molecule has 0 radical (unpaired) electrons. The molecule has 0 fully saturated rings. The Labute approximate surface area is 173 Å². The quantitative estimate of drug-likeness (QED) is 0.627. The van der Waals surface area contributed by atoms with Gasteiger partial charge in [0, 0.05) is 16.8 Å². The summed E-state index contributed by atoms with van der Waals surface area (Å²) in [4.78, 5) is 17.3. The van der Waals surface area contributed by atoms with Crippen LogP contribution in [-0.2, 0) is 0 Å². The van der Waals surface area contributed by atoms with E-state index < -0.39 is 6.04 Å². The molecule has 0 aliphatic rings. The molecule has 1 aromatic heterocycles. The first kappa shape index (κ1) is 19.9. The highest BCUT2D eigenvalue weighted by molar-refractivity contribution is 6.30. The van der Waals surface area contributed by atoms with E-state index >= 15 is 0 Å². The van der Waals surface area contributed by atoms with Crippen molar-refractivity contribution < 1.29 is 4.79 Å². The number of pyridine rings is 1. The molecule has 0 spiro atoms. The van der Waals surface area contributed by atoms with Gasteiger partial charge >= 0.3 is 0 Å². The van der Waals surface area contributed by atoms with E-state index in [9.17, 15) is 10.1 Å². The molecular formula is C22H17Cl2N3O. The number of carbonyl (C=O) groups is 1. The average Bonchev–Trinajstić information content (AvgIpc) is 2.67. The number of hydrogen-bond donors (Lipinski definition) is 1. The second-order valence-electron chi connectivity index (χ2n) is 6.46. The first-order valence-electron chi connectivity index (χ1n) is 8.58. The van der Waals surface area contributed by atoms with E-state index in [-0.39, 0.29) is 5.91 Å². The Balaban J connectivity index is 1.97. The van der Waals surface area contributed by atoms with E-state index in [1.165, 1.54) is 0 Å². The maximum Gasteiger partial charge on any atom is 0.252 e. The van der Waals surface area contributed by atoms with Crippen molar-refractivity contribution in [3.05, 3.63) is 98.3 Å². The third kappa shape index (κ3) is 4.33. The lowest BCUT2D eigenvalue weighted by Crippen LogP contribution is -2.30. The molecule has 28 heavy (non-hydrogen) atoms. The maximum absolute atomic E-state index is 13.0. The van der Waals surface area contributed by atoms with Gasteiger partial charge in [0.05, 0.1) is 28.4 Å². The van der Waals surface area contributed by atoms with Crippen LogP contribution in [0.4, 0.5) is 0 Å². The largest absolute Gasteiger partial charge is 0.340 e. The average molecular weight is 410 g/mol. The topological polar surface area (TPSA) is 65.8 Å². The molecule has 140 valence electrons. The van der Waals surface area contributed by atoms with Crippen molar-refractivity contribution in [2.45, 2.75) is 19.9 Å². The maximum atomic E-state index is 13.0. The molecule has 1 amide bonds. The Morgan fingerprint density at radius 1 is 1.04 bits per heavy atom. The van der Waals surface area contributed by atoms with Gasteiger partial charge in [-0.1, -0.05) is 35.3 Å². The van der Waals surface area contributed by atoms with E-state index in [1.54, 1.807) is 42.6 Å². The normalized spacial score (nSPS) is 11.5. The lowest BCUT2D eigenvalue weighted by molar-refractivity contribution is 0.0942. The molecule has 1 N–H and O–H groups in total. The molecular weight excluding hydrogens is 393 g/mol. The summed E-state index contributed by atoms with van der Waals surface area (Å²) in [6.45, 7) is 3.64. The summed E-state index contributed by atoms with van der Waals surface area (Å²) in [5.74, 6) is -0.257. The van der Waals surface area contributed by atoms with Gasteiger partial charge in [0.1, 0.15) is 0 Å². The predicted octanol–water partition coefficient (Wildman–Crippen LogP) is 5.40. The highest BCUT2D eigenvalue weighted by atomic mass is 35.5. The second-order valence-corrected chi connectivity index (χ2v) is 7.33. The fourth-order valence-electron chi connectivity index (χ4n) is 3.03. The van der Waals surface area contributed by atoms with Crippen LogP contribution in [0.2, 0.25) is 10.0 Å². The van der Waals surface area contributed by atoms with Crippen molar-refractivity contribution in [3.63, 3.8) is 0 Å². The van der Waals surface area contributed by atoms with E-state index in [0.717, 1.165) is 16.7 Å². The molecule has 1 heterocycles. The Morgan fingerprint density at radius 2 is 1.64 bits per heavy atom. The molecule has 3 aromatic rings. The Kier molecular flexibility index (Phi) is 5.99. The number of nitrogens with one attached hydrogen (secondary N) is 1. The van der Waals surface area contributed by atoms with E-state index in [1.807, 2.05) is 26.0 Å². The van der Waals surface area contributed by atoms with Crippen molar-refractivity contribution in [2.24, 2.45) is 0 Å². The zero-order valence-electron chi connectivity index (χ0n) is 15.3. The highest BCUT2D eigenvalue weighted by Crippen LogP contribution is 2.24. The van der Waals surface area contributed by atoms with Crippen LogP contribution in [0.15, 0.2) is 54.7 Å². The number of nitrogens with zero attached hydrogens (tertiary/aromatic N) is 2. The van der Waals surface area contributed by atoms with Crippen molar-refractivity contribution in [3.8, 4) is 6.07 Å². The van der Waals surface area contributed by atoms with Crippen molar-refractivity contribution in [1.29, 1.82) is 5.26 Å². The number of rotatable bonds is 4. The second kappa shape index (κ2) is 8.43. The van der Waals surface area contributed by atoms with Gasteiger partial charge in [0.2, 0.25) is 0 Å². The van der Waals surface area contributed by atoms with Gasteiger partial charge in [-0.3, -0.25) is 9.78 Å². The minimum Gasteiger partial charge on any atom is -0.340 e. The van der Waals surface area contributed by atoms with Crippen LogP contribution in [0.3, 0.4) is 0 Å². The van der Waals surface area contributed by atoms with Crippen molar-refractivity contribution >= 4 is 29.1 Å². The zero-order valence-corrected chi connectivity index (χ0v) is 16.8. The number of amides is 1. The summed E-state index contributed by atoms with van der Waals surface area (Å²) in [6.07, 6.45) is 1.54. The molecule has 4 nitrogen and oxygen atoms in total. The van der Waals surface area contributed by atoms with Gasteiger partial charge in [-0.15, -0.1) is 0 Å². The first-order valence-corrected chi connectivity index (χ1v) is 9.33. The van der Waals surface area contributed by atoms with Crippen LogP contribution in [0.1, 0.15) is 44.3 Å². The Morgan fingerprint density at radius 3 is 2.18 bits per heavy atom. The number of halogens is 2. The van der Waals surface area contributed by atoms with Crippen LogP contribution >= 0.6 is 23.2 Å². The number of benzene rings is 2. The van der Waals surface area contributed by atoms with Crippen molar-refractivity contribution in [2.75, 3.05) is 0 Å². The number of nitriles is 1. The third-order valence-corrected chi connectivity index (χ3v) is 4.91. The van der Waals surface area contributed by atoms with Crippen LogP contribution in [0.25, 0.3) is 0 Å². The van der Waals surface area contributed by atoms with Crippen molar-refractivity contribution in [1.82, 2.24) is 10.3 Å². The molecule has 0 saturated carbocycles. The van der Waals surface area contributed by atoms with E-state index in [2.05, 4.69) is 16.4 Å².